The Hall–Kier alpha value is -1.53. The van der Waals surface area contributed by atoms with Crippen LogP contribution in [0.5, 0.6) is 0 Å². The topological polar surface area (TPSA) is 39.1 Å². The minimum Gasteiger partial charge on any atom is -0.368 e. The van der Waals surface area contributed by atoms with E-state index in [2.05, 4.69) is 36.2 Å². The van der Waals surface area contributed by atoms with E-state index < -0.39 is 0 Å². The molecule has 2 aliphatic heterocycles. The molecule has 3 heteroatoms. The van der Waals surface area contributed by atoms with E-state index in [-0.39, 0.29) is 0 Å². The quantitative estimate of drug-likeness (QED) is 0.917. The average molecular weight is 269 g/mol. The van der Waals surface area contributed by atoms with Crippen molar-refractivity contribution < 1.29 is 0 Å². The van der Waals surface area contributed by atoms with E-state index in [1.54, 1.807) is 0 Å². The molecule has 0 radical (unpaired) electrons. The summed E-state index contributed by atoms with van der Waals surface area (Å²) in [6.45, 7) is 5.28. The van der Waals surface area contributed by atoms with Crippen LogP contribution in [0.4, 0.5) is 5.69 Å². The summed E-state index contributed by atoms with van der Waals surface area (Å²) in [5, 5.41) is 13.1. The van der Waals surface area contributed by atoms with Gasteiger partial charge < -0.3 is 10.2 Å². The molecule has 0 saturated carbocycles. The Morgan fingerprint density at radius 2 is 2.00 bits per heavy atom. The van der Waals surface area contributed by atoms with Gasteiger partial charge in [0.2, 0.25) is 0 Å². The first-order valence-corrected chi connectivity index (χ1v) is 7.74. The number of fused-ring (bicyclic) bond motifs is 2. The van der Waals surface area contributed by atoms with Gasteiger partial charge in [-0.05, 0) is 57.2 Å². The second-order valence-electron chi connectivity index (χ2n) is 6.18. The average Bonchev–Trinajstić information content (AvgIpc) is 2.79. The second-order valence-corrected chi connectivity index (χ2v) is 6.18. The first-order valence-electron chi connectivity index (χ1n) is 7.74. The van der Waals surface area contributed by atoms with Crippen LogP contribution in [0.3, 0.4) is 0 Å². The Morgan fingerprint density at radius 3 is 2.60 bits per heavy atom. The number of hydrogen-bond acceptors (Lipinski definition) is 3. The van der Waals surface area contributed by atoms with Crippen molar-refractivity contribution >= 4 is 5.69 Å². The molecule has 2 bridgehead atoms. The van der Waals surface area contributed by atoms with Crippen molar-refractivity contribution in [3.8, 4) is 6.07 Å². The lowest BCUT2D eigenvalue weighted by Gasteiger charge is -2.39. The predicted molar refractivity (Wildman–Crippen MR) is 81.9 cm³/mol. The molecule has 0 amide bonds. The van der Waals surface area contributed by atoms with Gasteiger partial charge >= 0.3 is 0 Å². The maximum absolute atomic E-state index is 9.38. The fourth-order valence-electron chi connectivity index (χ4n) is 3.88. The van der Waals surface area contributed by atoms with Crippen LogP contribution in [0.25, 0.3) is 0 Å². The monoisotopic (exact) mass is 269 g/mol. The Morgan fingerprint density at radius 1 is 1.30 bits per heavy atom. The molecule has 2 atom stereocenters. The van der Waals surface area contributed by atoms with Gasteiger partial charge in [0.15, 0.2) is 0 Å². The molecule has 1 aromatic carbocycles. The zero-order chi connectivity index (χ0) is 14.1. The lowest BCUT2D eigenvalue weighted by Crippen LogP contribution is -2.48. The van der Waals surface area contributed by atoms with Crippen LogP contribution in [-0.2, 0) is 0 Å². The van der Waals surface area contributed by atoms with Gasteiger partial charge in [0.1, 0.15) is 6.07 Å². The van der Waals surface area contributed by atoms with Crippen LogP contribution in [-0.4, -0.2) is 24.7 Å². The Bertz CT molecular complexity index is 520. The third-order valence-electron chi connectivity index (χ3n) is 4.81. The Balaban J connectivity index is 1.90. The van der Waals surface area contributed by atoms with Crippen LogP contribution in [0.1, 0.15) is 43.7 Å². The van der Waals surface area contributed by atoms with Crippen LogP contribution < -0.4 is 10.2 Å². The van der Waals surface area contributed by atoms with Crippen molar-refractivity contribution in [2.45, 2.75) is 57.7 Å². The fraction of sp³-hybridized carbons (Fsp3) is 0.588. The van der Waals surface area contributed by atoms with E-state index in [0.717, 1.165) is 17.8 Å². The lowest BCUT2D eigenvalue weighted by atomic mass is 9.96. The van der Waals surface area contributed by atoms with E-state index in [1.165, 1.54) is 31.2 Å². The van der Waals surface area contributed by atoms with Crippen molar-refractivity contribution in [3.63, 3.8) is 0 Å². The number of nitriles is 1. The smallest absolute Gasteiger partial charge is 0.101 e. The van der Waals surface area contributed by atoms with Gasteiger partial charge in [-0.15, -0.1) is 0 Å². The molecule has 0 spiro atoms. The molecule has 0 aliphatic carbocycles. The fourth-order valence-corrected chi connectivity index (χ4v) is 3.88. The molecule has 2 unspecified atom stereocenters. The van der Waals surface area contributed by atoms with Crippen LogP contribution in [0.2, 0.25) is 0 Å². The summed E-state index contributed by atoms with van der Waals surface area (Å²) in [7, 11) is 0. The third kappa shape index (κ3) is 2.41. The van der Waals surface area contributed by atoms with Crippen molar-refractivity contribution in [2.24, 2.45) is 0 Å². The SMILES string of the molecule is CCN(c1cc(C)ccc1C#N)C1CC2CCC(C1)N2. The van der Waals surface area contributed by atoms with Crippen LogP contribution in [0.15, 0.2) is 18.2 Å². The number of benzene rings is 1. The standard InChI is InChI=1S/C17H23N3/c1-3-20(16-9-14-6-7-15(10-16)19-14)17-8-12(2)4-5-13(17)11-18/h4-5,8,14-16,19H,3,6-7,9-10H2,1-2H3. The molecule has 1 aromatic rings. The third-order valence-corrected chi connectivity index (χ3v) is 4.81. The van der Waals surface area contributed by atoms with Gasteiger partial charge in [-0.1, -0.05) is 6.07 Å². The Labute approximate surface area is 121 Å². The molecule has 3 rings (SSSR count). The van der Waals surface area contributed by atoms with Gasteiger partial charge in [-0.2, -0.15) is 5.26 Å². The molecule has 0 aromatic heterocycles. The maximum Gasteiger partial charge on any atom is 0.101 e. The number of piperidine rings is 1. The highest BCUT2D eigenvalue weighted by molar-refractivity contribution is 5.61. The molecule has 2 heterocycles. The number of nitrogens with zero attached hydrogens (tertiary/aromatic N) is 2. The van der Waals surface area contributed by atoms with E-state index in [4.69, 9.17) is 0 Å². The summed E-state index contributed by atoms with van der Waals surface area (Å²) in [4.78, 5) is 2.46. The van der Waals surface area contributed by atoms with E-state index in [0.29, 0.717) is 18.1 Å². The van der Waals surface area contributed by atoms with Gasteiger partial charge in [0.25, 0.3) is 0 Å². The largest absolute Gasteiger partial charge is 0.368 e. The summed E-state index contributed by atoms with van der Waals surface area (Å²) < 4.78 is 0. The lowest BCUT2D eigenvalue weighted by molar-refractivity contribution is 0.349. The highest BCUT2D eigenvalue weighted by Gasteiger charge is 2.36. The van der Waals surface area contributed by atoms with Crippen molar-refractivity contribution in [1.82, 2.24) is 5.32 Å². The minimum atomic E-state index is 0.577. The zero-order valence-corrected chi connectivity index (χ0v) is 12.4. The molecule has 1 N–H and O–H groups in total. The van der Waals surface area contributed by atoms with Crippen LogP contribution in [0, 0.1) is 18.3 Å². The van der Waals surface area contributed by atoms with E-state index in [9.17, 15) is 5.26 Å². The summed E-state index contributed by atoms with van der Waals surface area (Å²) in [6.07, 6.45) is 5.06. The normalized spacial score (nSPS) is 28.1. The maximum atomic E-state index is 9.38. The van der Waals surface area contributed by atoms with Gasteiger partial charge in [0, 0.05) is 24.7 Å². The number of rotatable bonds is 3. The van der Waals surface area contributed by atoms with Gasteiger partial charge in [-0.25, -0.2) is 0 Å². The highest BCUT2D eigenvalue weighted by Crippen LogP contribution is 2.33. The number of anilines is 1. The first kappa shape index (κ1) is 13.5. The summed E-state index contributed by atoms with van der Waals surface area (Å²) in [5.74, 6) is 0. The Kier molecular flexibility index (Phi) is 3.67. The van der Waals surface area contributed by atoms with E-state index >= 15 is 0 Å². The molecule has 20 heavy (non-hydrogen) atoms. The first-order chi connectivity index (χ1) is 9.71. The molecular formula is C17H23N3. The van der Waals surface area contributed by atoms with Crippen LogP contribution >= 0.6 is 0 Å². The van der Waals surface area contributed by atoms with Crippen molar-refractivity contribution in [3.05, 3.63) is 29.3 Å². The minimum absolute atomic E-state index is 0.577. The van der Waals surface area contributed by atoms with E-state index in [1.807, 2.05) is 12.1 Å². The summed E-state index contributed by atoms with van der Waals surface area (Å²) in [6, 6.07) is 10.5. The van der Waals surface area contributed by atoms with Gasteiger partial charge in [0.05, 0.1) is 11.3 Å². The number of aryl methyl sites for hydroxylation is 1. The predicted octanol–water partition coefficient (Wildman–Crippen LogP) is 2.98. The zero-order valence-electron chi connectivity index (χ0n) is 12.4. The molecule has 2 fully saturated rings. The number of nitrogens with one attached hydrogen (secondary N) is 1. The summed E-state index contributed by atoms with van der Waals surface area (Å²) in [5.41, 5.74) is 3.17. The van der Waals surface area contributed by atoms with Gasteiger partial charge in [-0.3, -0.25) is 0 Å². The van der Waals surface area contributed by atoms with Crippen molar-refractivity contribution in [1.29, 1.82) is 5.26 Å². The van der Waals surface area contributed by atoms with Crippen molar-refractivity contribution in [2.75, 3.05) is 11.4 Å². The second kappa shape index (κ2) is 5.46. The molecule has 3 nitrogen and oxygen atoms in total. The molecule has 2 aliphatic rings. The molecule has 106 valence electrons. The molecule has 2 saturated heterocycles. The highest BCUT2D eigenvalue weighted by atomic mass is 15.2. The summed E-state index contributed by atoms with van der Waals surface area (Å²) >= 11 is 0. The number of hydrogen-bond donors (Lipinski definition) is 1. The molecular weight excluding hydrogens is 246 g/mol.